The molecule has 16 heavy (non-hydrogen) atoms. The Kier molecular flexibility index (Phi) is 2.63. The first-order chi connectivity index (χ1) is 7.46. The van der Waals surface area contributed by atoms with E-state index in [1.54, 1.807) is 19.1 Å². The Morgan fingerprint density at radius 3 is 2.75 bits per heavy atom. The van der Waals surface area contributed by atoms with Gasteiger partial charge in [-0.1, -0.05) is 6.07 Å². The molecule has 0 aromatic heterocycles. The largest absolute Gasteiger partial charge is 0.331 e. The first-order valence-electron chi connectivity index (χ1n) is 4.91. The lowest BCUT2D eigenvalue weighted by Crippen LogP contribution is -2.43. The van der Waals surface area contributed by atoms with Crippen molar-refractivity contribution in [1.82, 2.24) is 4.31 Å². The van der Waals surface area contributed by atoms with Crippen molar-refractivity contribution in [2.75, 3.05) is 11.9 Å². The number of hydrogen-bond donors (Lipinski definition) is 1. The minimum Gasteiger partial charge on any atom is -0.331 e. The maximum atomic E-state index is 12.2. The van der Waals surface area contributed by atoms with E-state index in [1.165, 1.54) is 4.31 Å². The average molecular weight is 256 g/mol. The Labute approximate surface area is 100 Å². The molecule has 4 nitrogen and oxygen atoms in total. The van der Waals surface area contributed by atoms with E-state index >= 15 is 0 Å². The van der Waals surface area contributed by atoms with Crippen molar-refractivity contribution in [2.24, 2.45) is 0 Å². The quantitative estimate of drug-likeness (QED) is 0.777. The highest BCUT2D eigenvalue weighted by atomic mass is 32.2. The zero-order valence-electron chi connectivity index (χ0n) is 9.02. The van der Waals surface area contributed by atoms with E-state index in [9.17, 15) is 8.42 Å². The predicted molar refractivity (Wildman–Crippen MR) is 67.0 cm³/mol. The molecule has 1 aromatic carbocycles. The van der Waals surface area contributed by atoms with Crippen molar-refractivity contribution in [3.8, 4) is 0 Å². The summed E-state index contributed by atoms with van der Waals surface area (Å²) in [5, 5.41) is 3.16. The van der Waals surface area contributed by atoms with Crippen molar-refractivity contribution < 1.29 is 8.42 Å². The highest BCUT2D eigenvalue weighted by Gasteiger charge is 2.32. The van der Waals surface area contributed by atoms with Gasteiger partial charge in [0.05, 0.1) is 5.69 Å². The molecular weight excluding hydrogens is 244 g/mol. The van der Waals surface area contributed by atoms with Crippen LogP contribution in [-0.2, 0) is 10.0 Å². The van der Waals surface area contributed by atoms with Gasteiger partial charge in [-0.15, -0.1) is 0 Å². The molecule has 0 saturated carbocycles. The third-order valence-corrected chi connectivity index (χ3v) is 4.81. The minimum atomic E-state index is -3.47. The maximum absolute atomic E-state index is 12.2. The van der Waals surface area contributed by atoms with Crippen molar-refractivity contribution in [3.05, 3.63) is 23.8 Å². The summed E-state index contributed by atoms with van der Waals surface area (Å²) >= 11 is 5.02. The van der Waals surface area contributed by atoms with E-state index < -0.39 is 10.0 Å². The van der Waals surface area contributed by atoms with E-state index in [0.29, 0.717) is 17.1 Å². The molecule has 1 aromatic rings. The Morgan fingerprint density at radius 1 is 1.44 bits per heavy atom. The van der Waals surface area contributed by atoms with Crippen LogP contribution in [0.25, 0.3) is 0 Å². The molecular formula is C10H12N2O2S2. The van der Waals surface area contributed by atoms with E-state index in [1.807, 2.05) is 13.0 Å². The van der Waals surface area contributed by atoms with Gasteiger partial charge in [0.15, 0.2) is 5.11 Å². The van der Waals surface area contributed by atoms with Gasteiger partial charge in [-0.05, 0) is 43.8 Å². The van der Waals surface area contributed by atoms with Crippen molar-refractivity contribution in [2.45, 2.75) is 18.7 Å². The lowest BCUT2D eigenvalue weighted by molar-refractivity contribution is 0.531. The predicted octanol–water partition coefficient (Wildman–Crippen LogP) is 1.72. The molecule has 0 fully saturated rings. The number of nitrogens with one attached hydrogen (secondary N) is 1. The Bertz CT molecular complexity index is 552. The highest BCUT2D eigenvalue weighted by Crippen LogP contribution is 2.30. The number of anilines is 1. The van der Waals surface area contributed by atoms with E-state index in [-0.39, 0.29) is 5.11 Å². The molecule has 1 heterocycles. The van der Waals surface area contributed by atoms with Crippen LogP contribution in [0, 0.1) is 6.92 Å². The van der Waals surface area contributed by atoms with Crippen LogP contribution in [0.2, 0.25) is 0 Å². The third-order valence-electron chi connectivity index (χ3n) is 2.46. The Hall–Kier alpha value is -1.14. The Balaban J connectivity index is 2.68. The number of fused-ring (bicyclic) bond motifs is 1. The number of sulfonamides is 1. The molecule has 0 amide bonds. The molecule has 0 radical (unpaired) electrons. The standard InChI is InChI=1S/C10H12N2O2S2/c1-3-12-10(15)11-8-5-4-7(2)6-9(8)16(12,13)14/h4-6H,3H2,1-2H3,(H,11,15). The summed E-state index contributed by atoms with van der Waals surface area (Å²) in [5.74, 6) is 0. The topological polar surface area (TPSA) is 49.4 Å². The number of nitrogens with zero attached hydrogens (tertiary/aromatic N) is 1. The van der Waals surface area contributed by atoms with E-state index in [4.69, 9.17) is 12.2 Å². The van der Waals surface area contributed by atoms with Crippen LogP contribution >= 0.6 is 12.2 Å². The number of aryl methyl sites for hydroxylation is 1. The number of thiocarbonyl (C=S) groups is 1. The van der Waals surface area contributed by atoms with Crippen LogP contribution in [0.3, 0.4) is 0 Å². The fourth-order valence-electron chi connectivity index (χ4n) is 1.67. The summed E-state index contributed by atoms with van der Waals surface area (Å²) < 4.78 is 25.6. The van der Waals surface area contributed by atoms with Crippen LogP contribution in [0.4, 0.5) is 5.69 Å². The number of hydrogen-bond acceptors (Lipinski definition) is 3. The van der Waals surface area contributed by atoms with Gasteiger partial charge in [0.25, 0.3) is 10.0 Å². The minimum absolute atomic E-state index is 0.235. The molecule has 0 unspecified atom stereocenters. The molecule has 0 saturated heterocycles. The fourth-order valence-corrected chi connectivity index (χ4v) is 3.77. The molecule has 0 atom stereocenters. The van der Waals surface area contributed by atoms with Gasteiger partial charge in [-0.25, -0.2) is 12.7 Å². The number of rotatable bonds is 1. The van der Waals surface area contributed by atoms with Gasteiger partial charge in [0.1, 0.15) is 4.90 Å². The van der Waals surface area contributed by atoms with Gasteiger partial charge in [-0.2, -0.15) is 0 Å². The van der Waals surface area contributed by atoms with Crippen LogP contribution in [0.15, 0.2) is 23.1 Å². The molecule has 1 aliphatic heterocycles. The summed E-state index contributed by atoms with van der Waals surface area (Å²) in [5.41, 5.74) is 1.47. The fraction of sp³-hybridized carbons (Fsp3) is 0.300. The molecule has 6 heteroatoms. The third kappa shape index (κ3) is 1.58. The van der Waals surface area contributed by atoms with Gasteiger partial charge >= 0.3 is 0 Å². The smallest absolute Gasteiger partial charge is 0.268 e. The lowest BCUT2D eigenvalue weighted by atomic mass is 10.2. The summed E-state index contributed by atoms with van der Waals surface area (Å²) in [4.78, 5) is 0.294. The van der Waals surface area contributed by atoms with Crippen molar-refractivity contribution >= 4 is 33.0 Å². The summed E-state index contributed by atoms with van der Waals surface area (Å²) in [7, 11) is -3.47. The Morgan fingerprint density at radius 2 is 2.12 bits per heavy atom. The van der Waals surface area contributed by atoms with Crippen LogP contribution in [0.1, 0.15) is 12.5 Å². The van der Waals surface area contributed by atoms with E-state index in [2.05, 4.69) is 5.32 Å². The molecule has 0 bridgehead atoms. The zero-order chi connectivity index (χ0) is 11.9. The monoisotopic (exact) mass is 256 g/mol. The number of benzene rings is 1. The molecule has 1 aliphatic rings. The maximum Gasteiger partial charge on any atom is 0.268 e. The zero-order valence-corrected chi connectivity index (χ0v) is 10.7. The highest BCUT2D eigenvalue weighted by molar-refractivity contribution is 7.92. The SMILES string of the molecule is CCN1C(=S)Nc2ccc(C)cc2S1(=O)=O. The van der Waals surface area contributed by atoms with Gasteiger partial charge in [0, 0.05) is 6.54 Å². The second-order valence-corrected chi connectivity index (χ2v) is 5.82. The van der Waals surface area contributed by atoms with Crippen molar-refractivity contribution in [1.29, 1.82) is 0 Å². The second kappa shape index (κ2) is 3.71. The molecule has 0 aliphatic carbocycles. The first kappa shape index (κ1) is 11.3. The molecule has 1 N–H and O–H groups in total. The van der Waals surface area contributed by atoms with Crippen LogP contribution in [-0.4, -0.2) is 24.4 Å². The van der Waals surface area contributed by atoms with Gasteiger partial charge in [-0.3, -0.25) is 0 Å². The van der Waals surface area contributed by atoms with Crippen molar-refractivity contribution in [3.63, 3.8) is 0 Å². The summed E-state index contributed by atoms with van der Waals surface area (Å²) in [6.45, 7) is 3.95. The lowest BCUT2D eigenvalue weighted by Gasteiger charge is -2.30. The van der Waals surface area contributed by atoms with E-state index in [0.717, 1.165) is 5.56 Å². The van der Waals surface area contributed by atoms with Gasteiger partial charge < -0.3 is 5.32 Å². The molecule has 2 rings (SSSR count). The summed E-state index contributed by atoms with van der Waals surface area (Å²) in [6, 6.07) is 5.25. The average Bonchev–Trinajstić information content (AvgIpc) is 2.19. The summed E-state index contributed by atoms with van der Waals surface area (Å²) in [6.07, 6.45) is 0. The van der Waals surface area contributed by atoms with Crippen LogP contribution < -0.4 is 5.32 Å². The second-order valence-electron chi connectivity index (χ2n) is 3.60. The van der Waals surface area contributed by atoms with Gasteiger partial charge in [0.2, 0.25) is 0 Å². The normalized spacial score (nSPS) is 17.9. The first-order valence-corrected chi connectivity index (χ1v) is 6.76. The molecule has 0 spiro atoms. The van der Waals surface area contributed by atoms with Crippen LogP contribution in [0.5, 0.6) is 0 Å². The molecule has 86 valence electrons.